The van der Waals surface area contributed by atoms with Crippen LogP contribution < -0.4 is 10.0 Å². The van der Waals surface area contributed by atoms with Crippen molar-refractivity contribution in [3.05, 3.63) is 40.7 Å². The predicted octanol–water partition coefficient (Wildman–Crippen LogP) is 1.72. The van der Waals surface area contributed by atoms with Crippen molar-refractivity contribution < 1.29 is 0 Å². The fourth-order valence-corrected chi connectivity index (χ4v) is 1.55. The highest BCUT2D eigenvalue weighted by molar-refractivity contribution is 5.81. The first-order valence-corrected chi connectivity index (χ1v) is 4.92. The maximum Gasteiger partial charge on any atom is 0.248 e. The van der Waals surface area contributed by atoms with Gasteiger partial charge in [-0.25, -0.2) is 0 Å². The van der Waals surface area contributed by atoms with Gasteiger partial charge < -0.3 is 4.98 Å². The molecule has 1 aromatic heterocycles. The predicted molar refractivity (Wildman–Crippen MR) is 64.1 cm³/mol. The molecule has 0 unspecified atom stereocenters. The van der Waals surface area contributed by atoms with Crippen molar-refractivity contribution in [2.75, 3.05) is 21.1 Å². The van der Waals surface area contributed by atoms with Crippen molar-refractivity contribution in [2.45, 2.75) is 0 Å². The van der Waals surface area contributed by atoms with Crippen LogP contribution in [-0.2, 0) is 0 Å². The fraction of sp³-hybridized carbons (Fsp3) is 0.250. The number of benzene rings is 1. The first kappa shape index (κ1) is 9.93. The lowest BCUT2D eigenvalue weighted by Crippen LogP contribution is -2.34. The second kappa shape index (κ2) is 3.21. The average Bonchev–Trinajstić information content (AvgIpc) is 2.15. The van der Waals surface area contributed by atoms with Crippen molar-refractivity contribution in [1.82, 2.24) is 9.47 Å². The SMILES string of the molecule is C[N+](C)(C)c1ccc2ccc(=O)[nH]c2c1. The number of fused-ring (bicyclic) bond motifs is 1. The van der Waals surface area contributed by atoms with Gasteiger partial charge in [-0.15, -0.1) is 0 Å². The van der Waals surface area contributed by atoms with Gasteiger partial charge in [-0.3, -0.25) is 9.28 Å². The summed E-state index contributed by atoms with van der Waals surface area (Å²) in [5.74, 6) is 0. The van der Waals surface area contributed by atoms with Crippen LogP contribution in [0, 0.1) is 0 Å². The first-order chi connectivity index (χ1) is 6.97. The van der Waals surface area contributed by atoms with Crippen LogP contribution in [0.2, 0.25) is 0 Å². The van der Waals surface area contributed by atoms with Crippen LogP contribution in [0.15, 0.2) is 35.1 Å². The summed E-state index contributed by atoms with van der Waals surface area (Å²) < 4.78 is 0.743. The molecule has 0 radical (unpaired) electrons. The van der Waals surface area contributed by atoms with Crippen LogP contribution in [0.1, 0.15) is 0 Å². The molecular weight excluding hydrogens is 188 g/mol. The quantitative estimate of drug-likeness (QED) is 0.703. The number of H-pyrrole nitrogens is 1. The van der Waals surface area contributed by atoms with Crippen molar-refractivity contribution in [3.63, 3.8) is 0 Å². The van der Waals surface area contributed by atoms with Crippen LogP contribution in [0.4, 0.5) is 5.69 Å². The van der Waals surface area contributed by atoms with Crippen molar-refractivity contribution >= 4 is 16.6 Å². The third-order valence-corrected chi connectivity index (χ3v) is 2.48. The number of rotatable bonds is 1. The molecule has 15 heavy (non-hydrogen) atoms. The van der Waals surface area contributed by atoms with E-state index in [9.17, 15) is 4.79 Å². The van der Waals surface area contributed by atoms with Crippen molar-refractivity contribution in [1.29, 1.82) is 0 Å². The summed E-state index contributed by atoms with van der Waals surface area (Å²) >= 11 is 0. The molecule has 0 atom stereocenters. The van der Waals surface area contributed by atoms with E-state index in [1.54, 1.807) is 6.07 Å². The van der Waals surface area contributed by atoms with E-state index >= 15 is 0 Å². The van der Waals surface area contributed by atoms with Gasteiger partial charge in [0.15, 0.2) is 0 Å². The van der Waals surface area contributed by atoms with Gasteiger partial charge in [-0.05, 0) is 23.6 Å². The number of aromatic nitrogens is 1. The molecule has 0 saturated heterocycles. The fourth-order valence-electron chi connectivity index (χ4n) is 1.55. The van der Waals surface area contributed by atoms with Gasteiger partial charge in [-0.2, -0.15) is 0 Å². The number of nitrogens with zero attached hydrogens (tertiary/aromatic N) is 1. The van der Waals surface area contributed by atoms with E-state index in [-0.39, 0.29) is 5.56 Å². The molecule has 0 amide bonds. The Morgan fingerprint density at radius 2 is 1.73 bits per heavy atom. The average molecular weight is 203 g/mol. The number of aromatic amines is 1. The minimum Gasteiger partial charge on any atom is -0.322 e. The van der Waals surface area contributed by atoms with E-state index in [0.717, 1.165) is 15.4 Å². The Kier molecular flexibility index (Phi) is 2.12. The molecule has 3 heteroatoms. The van der Waals surface area contributed by atoms with Gasteiger partial charge >= 0.3 is 0 Å². The summed E-state index contributed by atoms with van der Waals surface area (Å²) in [7, 11) is 6.30. The molecule has 3 nitrogen and oxygen atoms in total. The lowest BCUT2D eigenvalue weighted by molar-refractivity contribution is 0.487. The normalized spacial score (nSPS) is 11.9. The number of nitrogens with one attached hydrogen (secondary N) is 1. The summed E-state index contributed by atoms with van der Waals surface area (Å²) in [6.45, 7) is 0. The molecule has 78 valence electrons. The number of hydrogen-bond donors (Lipinski definition) is 1. The summed E-state index contributed by atoms with van der Waals surface area (Å²) in [5.41, 5.74) is 2.01. The van der Waals surface area contributed by atoms with Crippen LogP contribution in [0.3, 0.4) is 0 Å². The van der Waals surface area contributed by atoms with Crippen LogP contribution in [0.5, 0.6) is 0 Å². The van der Waals surface area contributed by atoms with E-state index < -0.39 is 0 Å². The third kappa shape index (κ3) is 1.92. The van der Waals surface area contributed by atoms with Gasteiger partial charge in [0, 0.05) is 12.1 Å². The molecule has 0 bridgehead atoms. The van der Waals surface area contributed by atoms with Gasteiger partial charge in [0.05, 0.1) is 26.7 Å². The molecule has 2 rings (SSSR count). The highest BCUT2D eigenvalue weighted by Gasteiger charge is 2.12. The summed E-state index contributed by atoms with van der Waals surface area (Å²) in [4.78, 5) is 14.0. The minimum absolute atomic E-state index is 0.0546. The van der Waals surface area contributed by atoms with E-state index in [2.05, 4.69) is 32.2 Å². The Labute approximate surface area is 88.6 Å². The molecule has 1 N–H and O–H groups in total. The lowest BCUT2D eigenvalue weighted by atomic mass is 10.2. The zero-order valence-corrected chi connectivity index (χ0v) is 9.24. The molecule has 0 aliphatic carbocycles. The zero-order chi connectivity index (χ0) is 11.1. The topological polar surface area (TPSA) is 32.9 Å². The van der Waals surface area contributed by atoms with E-state index in [4.69, 9.17) is 0 Å². The second-order valence-electron chi connectivity index (χ2n) is 4.61. The molecule has 0 saturated carbocycles. The molecule has 0 spiro atoms. The second-order valence-corrected chi connectivity index (χ2v) is 4.61. The van der Waals surface area contributed by atoms with Gasteiger partial charge in [0.25, 0.3) is 0 Å². The standard InChI is InChI=1S/C12H14N2O/c1-14(2,3)10-6-4-9-5-7-12(15)13-11(9)8-10/h4-8H,1-3H3/p+1. The Morgan fingerprint density at radius 3 is 2.40 bits per heavy atom. The summed E-state index contributed by atoms with van der Waals surface area (Å²) in [5, 5.41) is 1.06. The molecule has 0 fully saturated rings. The molecule has 0 aliphatic rings. The molecule has 1 heterocycles. The number of quaternary nitrogens is 1. The Bertz CT molecular complexity index is 549. The first-order valence-electron chi connectivity index (χ1n) is 4.92. The molecule has 0 aliphatic heterocycles. The Balaban J connectivity index is 2.70. The number of pyridine rings is 1. The third-order valence-electron chi connectivity index (χ3n) is 2.48. The lowest BCUT2D eigenvalue weighted by Gasteiger charge is -2.23. The van der Waals surface area contributed by atoms with Gasteiger partial charge in [-0.1, -0.05) is 0 Å². The van der Waals surface area contributed by atoms with E-state index in [1.165, 1.54) is 5.69 Å². The van der Waals surface area contributed by atoms with Crippen molar-refractivity contribution in [3.8, 4) is 0 Å². The molecule has 1 aromatic carbocycles. The van der Waals surface area contributed by atoms with Crippen LogP contribution in [-0.4, -0.2) is 26.1 Å². The highest BCUT2D eigenvalue weighted by Crippen LogP contribution is 2.21. The highest BCUT2D eigenvalue weighted by atomic mass is 16.1. The Morgan fingerprint density at radius 1 is 1.07 bits per heavy atom. The zero-order valence-electron chi connectivity index (χ0n) is 9.24. The van der Waals surface area contributed by atoms with E-state index in [0.29, 0.717) is 0 Å². The van der Waals surface area contributed by atoms with Gasteiger partial charge in [0.2, 0.25) is 5.56 Å². The van der Waals surface area contributed by atoms with Crippen molar-refractivity contribution in [2.24, 2.45) is 0 Å². The Hall–Kier alpha value is -1.61. The number of hydrogen-bond acceptors (Lipinski definition) is 1. The maximum atomic E-state index is 11.2. The molecular formula is C12H15N2O+. The smallest absolute Gasteiger partial charge is 0.248 e. The van der Waals surface area contributed by atoms with Gasteiger partial charge in [0.1, 0.15) is 5.69 Å². The van der Waals surface area contributed by atoms with Crippen LogP contribution in [0.25, 0.3) is 10.9 Å². The monoisotopic (exact) mass is 203 g/mol. The summed E-state index contributed by atoms with van der Waals surface area (Å²) in [6.07, 6.45) is 0. The molecule has 2 aromatic rings. The minimum atomic E-state index is -0.0546. The maximum absolute atomic E-state index is 11.2. The largest absolute Gasteiger partial charge is 0.322 e. The van der Waals surface area contributed by atoms with E-state index in [1.807, 2.05) is 18.2 Å². The summed E-state index contributed by atoms with van der Waals surface area (Å²) in [6, 6.07) is 9.53. The van der Waals surface area contributed by atoms with Crippen LogP contribution >= 0.6 is 0 Å².